The molecule has 1 spiro atoms. The molecule has 0 bridgehead atoms. The molecule has 3 fully saturated rings. The van der Waals surface area contributed by atoms with E-state index in [4.69, 9.17) is 24.1 Å². The summed E-state index contributed by atoms with van der Waals surface area (Å²) in [6, 6.07) is 0.717. The molecule has 0 aromatic carbocycles. The number of rotatable bonds is 5. The zero-order valence-electron chi connectivity index (χ0n) is 18.2. The Morgan fingerprint density at radius 2 is 1.77 bits per heavy atom. The van der Waals surface area contributed by atoms with Crippen molar-refractivity contribution in [3.05, 3.63) is 0 Å². The number of likely N-dealkylation sites (tertiary alicyclic amines) is 1. The highest BCUT2D eigenvalue weighted by atomic mass is 19.4. The number of carboxylic acids is 1. The second kappa shape index (κ2) is 11.4. The minimum absolute atomic E-state index is 0.00693. The third-order valence-corrected chi connectivity index (χ3v) is 6.12. The van der Waals surface area contributed by atoms with E-state index in [1.807, 2.05) is 0 Å². The Morgan fingerprint density at radius 3 is 2.29 bits per heavy atom. The Bertz CT molecular complexity index is 588. The monoisotopic (exact) mass is 454 g/mol. The lowest BCUT2D eigenvalue weighted by molar-refractivity contribution is -0.192. The summed E-state index contributed by atoms with van der Waals surface area (Å²) in [5.41, 5.74) is 0.335. The normalized spacial score (nSPS) is 24.5. The lowest BCUT2D eigenvalue weighted by Gasteiger charge is -2.43. The maximum Gasteiger partial charge on any atom is 0.490 e. The van der Waals surface area contributed by atoms with Crippen LogP contribution in [0.1, 0.15) is 32.1 Å². The molecule has 8 nitrogen and oxygen atoms in total. The number of hydrogen-bond donors (Lipinski definition) is 1. The first-order chi connectivity index (χ1) is 14.5. The van der Waals surface area contributed by atoms with Gasteiger partial charge in [0.2, 0.25) is 5.91 Å². The molecule has 3 saturated heterocycles. The zero-order chi connectivity index (χ0) is 23.1. The van der Waals surface area contributed by atoms with Crippen LogP contribution in [0.5, 0.6) is 0 Å². The predicted octanol–water partition coefficient (Wildman–Crippen LogP) is 1.77. The van der Waals surface area contributed by atoms with Crippen molar-refractivity contribution < 1.29 is 42.1 Å². The standard InChI is InChI=1S/C18H32N2O4.C2HF3O2/c1-19(2)17(21)13-23-12-16-11-18(14-24-16)5-7-20(8-6-18)15-3-9-22-10-4-15;3-2(4,5)1(6)7/h15-16H,3-14H2,1-2H3;(H,6,7). The highest BCUT2D eigenvalue weighted by Gasteiger charge is 2.43. The fraction of sp³-hybridized carbons (Fsp3) is 0.900. The number of hydrogen-bond acceptors (Lipinski definition) is 6. The smallest absolute Gasteiger partial charge is 0.475 e. The van der Waals surface area contributed by atoms with Crippen LogP contribution in [0.2, 0.25) is 0 Å². The Labute approximate surface area is 180 Å². The number of ether oxygens (including phenoxy) is 3. The summed E-state index contributed by atoms with van der Waals surface area (Å²) in [4.78, 5) is 24.7. The molecule has 3 aliphatic heterocycles. The summed E-state index contributed by atoms with van der Waals surface area (Å²) in [5, 5.41) is 7.12. The fourth-order valence-corrected chi connectivity index (χ4v) is 4.17. The Morgan fingerprint density at radius 1 is 1.19 bits per heavy atom. The molecule has 1 amide bonds. The molecular weight excluding hydrogens is 421 g/mol. The largest absolute Gasteiger partial charge is 0.490 e. The molecule has 0 radical (unpaired) electrons. The minimum atomic E-state index is -5.08. The Hall–Kier alpha value is -1.43. The van der Waals surface area contributed by atoms with Gasteiger partial charge in [-0.1, -0.05) is 0 Å². The number of carboxylic acid groups (broad SMARTS) is 1. The van der Waals surface area contributed by atoms with Gasteiger partial charge in [-0.2, -0.15) is 13.2 Å². The number of aliphatic carboxylic acids is 1. The second-order valence-corrected chi connectivity index (χ2v) is 8.62. The van der Waals surface area contributed by atoms with E-state index in [1.54, 1.807) is 19.0 Å². The molecule has 1 unspecified atom stereocenters. The van der Waals surface area contributed by atoms with E-state index < -0.39 is 12.1 Å². The molecular formula is C20H33F3N2O6. The zero-order valence-corrected chi connectivity index (χ0v) is 18.2. The van der Waals surface area contributed by atoms with Crippen molar-refractivity contribution in [1.82, 2.24) is 9.80 Å². The number of carbonyl (C=O) groups is 2. The molecule has 1 atom stereocenters. The molecule has 0 aliphatic carbocycles. The van der Waals surface area contributed by atoms with E-state index in [0.717, 1.165) is 32.3 Å². The van der Waals surface area contributed by atoms with Gasteiger partial charge >= 0.3 is 12.1 Å². The van der Waals surface area contributed by atoms with Gasteiger partial charge in [0.1, 0.15) is 6.61 Å². The van der Waals surface area contributed by atoms with Crippen LogP contribution >= 0.6 is 0 Å². The van der Waals surface area contributed by atoms with E-state index in [2.05, 4.69) is 4.90 Å². The Kier molecular flexibility index (Phi) is 9.53. The van der Waals surface area contributed by atoms with E-state index in [1.165, 1.54) is 38.8 Å². The minimum Gasteiger partial charge on any atom is -0.475 e. The first-order valence-corrected chi connectivity index (χ1v) is 10.5. The molecule has 180 valence electrons. The lowest BCUT2D eigenvalue weighted by atomic mass is 9.76. The molecule has 3 aliphatic rings. The highest BCUT2D eigenvalue weighted by molar-refractivity contribution is 5.76. The maximum absolute atomic E-state index is 11.5. The average molecular weight is 454 g/mol. The first kappa shape index (κ1) is 25.8. The summed E-state index contributed by atoms with van der Waals surface area (Å²) in [6.07, 6.45) is 0.939. The van der Waals surface area contributed by atoms with E-state index in [9.17, 15) is 18.0 Å². The van der Waals surface area contributed by atoms with E-state index in [0.29, 0.717) is 12.0 Å². The number of likely N-dealkylation sites (N-methyl/N-ethyl adjacent to an activating group) is 1. The van der Waals surface area contributed by atoms with Crippen molar-refractivity contribution in [2.24, 2.45) is 5.41 Å². The van der Waals surface area contributed by atoms with Crippen LogP contribution in [-0.2, 0) is 23.8 Å². The molecule has 0 saturated carbocycles. The highest BCUT2D eigenvalue weighted by Crippen LogP contribution is 2.42. The van der Waals surface area contributed by atoms with Crippen LogP contribution < -0.4 is 0 Å². The van der Waals surface area contributed by atoms with Crippen LogP contribution in [-0.4, -0.2) is 105 Å². The summed E-state index contributed by atoms with van der Waals surface area (Å²) in [5.74, 6) is -2.75. The van der Waals surface area contributed by atoms with Gasteiger partial charge in [-0.15, -0.1) is 0 Å². The quantitative estimate of drug-likeness (QED) is 0.677. The summed E-state index contributed by atoms with van der Waals surface area (Å²) < 4.78 is 48.7. The molecule has 1 N–H and O–H groups in total. The molecule has 3 heterocycles. The number of piperidine rings is 1. The maximum atomic E-state index is 11.5. The fourth-order valence-electron chi connectivity index (χ4n) is 4.17. The van der Waals surface area contributed by atoms with Gasteiger partial charge < -0.3 is 29.1 Å². The van der Waals surface area contributed by atoms with E-state index in [-0.39, 0.29) is 18.6 Å². The van der Waals surface area contributed by atoms with Crippen molar-refractivity contribution >= 4 is 11.9 Å². The number of nitrogens with zero attached hydrogens (tertiary/aromatic N) is 2. The second-order valence-electron chi connectivity index (χ2n) is 8.62. The van der Waals surface area contributed by atoms with Gasteiger partial charge in [0.15, 0.2) is 0 Å². The predicted molar refractivity (Wildman–Crippen MR) is 105 cm³/mol. The average Bonchev–Trinajstić information content (AvgIpc) is 3.11. The summed E-state index contributed by atoms with van der Waals surface area (Å²) in [7, 11) is 3.50. The van der Waals surface area contributed by atoms with Crippen molar-refractivity contribution in [2.75, 3.05) is 60.2 Å². The lowest BCUT2D eigenvalue weighted by Crippen LogP contribution is -2.47. The van der Waals surface area contributed by atoms with Gasteiger partial charge in [-0.05, 0) is 50.6 Å². The topological polar surface area (TPSA) is 88.5 Å². The molecule has 0 aromatic rings. The first-order valence-electron chi connectivity index (χ1n) is 10.5. The van der Waals surface area contributed by atoms with Crippen LogP contribution in [0.25, 0.3) is 0 Å². The molecule has 3 rings (SSSR count). The van der Waals surface area contributed by atoms with Crippen molar-refractivity contribution in [3.63, 3.8) is 0 Å². The van der Waals surface area contributed by atoms with Crippen molar-refractivity contribution in [2.45, 2.75) is 50.4 Å². The third-order valence-electron chi connectivity index (χ3n) is 6.12. The van der Waals surface area contributed by atoms with Gasteiger partial charge in [0, 0.05) is 33.4 Å². The molecule has 31 heavy (non-hydrogen) atoms. The van der Waals surface area contributed by atoms with Crippen molar-refractivity contribution in [3.8, 4) is 0 Å². The van der Waals surface area contributed by atoms with Crippen LogP contribution in [0.3, 0.4) is 0 Å². The number of amides is 1. The van der Waals surface area contributed by atoms with Gasteiger partial charge in [-0.25, -0.2) is 4.79 Å². The number of alkyl halides is 3. The number of carbonyl (C=O) groups excluding carboxylic acids is 1. The summed E-state index contributed by atoms with van der Waals surface area (Å²) >= 11 is 0. The van der Waals surface area contributed by atoms with Gasteiger partial charge in [-0.3, -0.25) is 4.79 Å². The number of halogens is 3. The SMILES string of the molecule is CN(C)C(=O)COCC1CC2(CCN(C3CCOCC3)CC2)CO1.O=C(O)C(F)(F)F. The Balaban J connectivity index is 0.000000423. The van der Waals surface area contributed by atoms with Gasteiger partial charge in [0.05, 0.1) is 19.3 Å². The van der Waals surface area contributed by atoms with E-state index >= 15 is 0 Å². The van der Waals surface area contributed by atoms with Crippen LogP contribution in [0.15, 0.2) is 0 Å². The van der Waals surface area contributed by atoms with Crippen LogP contribution in [0, 0.1) is 5.41 Å². The molecule has 0 aromatic heterocycles. The third kappa shape index (κ3) is 8.21. The van der Waals surface area contributed by atoms with Gasteiger partial charge in [0.25, 0.3) is 0 Å². The summed E-state index contributed by atoms with van der Waals surface area (Å²) in [6.45, 7) is 5.73. The van der Waals surface area contributed by atoms with Crippen LogP contribution in [0.4, 0.5) is 13.2 Å². The van der Waals surface area contributed by atoms with Crippen molar-refractivity contribution in [1.29, 1.82) is 0 Å². The molecule has 11 heteroatoms.